The van der Waals surface area contributed by atoms with E-state index < -0.39 is 0 Å². The van der Waals surface area contributed by atoms with Crippen molar-refractivity contribution < 1.29 is 4.79 Å². The van der Waals surface area contributed by atoms with Crippen molar-refractivity contribution in [3.05, 3.63) is 29.3 Å². The van der Waals surface area contributed by atoms with Crippen LogP contribution in [0.1, 0.15) is 43.7 Å². The number of nitrogens with one attached hydrogen (secondary N) is 1. The van der Waals surface area contributed by atoms with Crippen LogP contribution in [-0.4, -0.2) is 29.9 Å². The molecule has 1 amide bonds. The second-order valence-corrected chi connectivity index (χ2v) is 5.98. The third-order valence-corrected chi connectivity index (χ3v) is 3.89. The third kappa shape index (κ3) is 3.99. The van der Waals surface area contributed by atoms with E-state index in [9.17, 15) is 4.79 Å². The quantitative estimate of drug-likeness (QED) is 0.915. The minimum atomic E-state index is -0.158. The molecular weight excluding hydrogens is 248 g/mol. The van der Waals surface area contributed by atoms with E-state index in [1.165, 1.54) is 24.0 Å². The number of benzene rings is 1. The van der Waals surface area contributed by atoms with Gasteiger partial charge in [0, 0.05) is 18.8 Å². The number of amides is 1. The molecule has 1 fully saturated rings. The largest absolute Gasteiger partial charge is 0.374 e. The predicted molar refractivity (Wildman–Crippen MR) is 84.0 cm³/mol. The molecule has 1 aromatic rings. The van der Waals surface area contributed by atoms with Crippen LogP contribution in [0.3, 0.4) is 0 Å². The first kappa shape index (κ1) is 14.9. The standard InChI is InChI=1S/C17H26N2O/c1-13-10-14(2)12-16(11-13)18-15(3)17(20)19-8-6-4-5-7-9-19/h10-12,15,18H,4-9H2,1-3H3. The number of carbonyl (C=O) groups is 1. The Hall–Kier alpha value is -1.51. The topological polar surface area (TPSA) is 32.3 Å². The average Bonchev–Trinajstić information content (AvgIpc) is 2.65. The molecule has 0 saturated carbocycles. The Morgan fingerprint density at radius 1 is 1.05 bits per heavy atom. The summed E-state index contributed by atoms with van der Waals surface area (Å²) in [6.45, 7) is 7.96. The number of anilines is 1. The molecule has 0 aromatic heterocycles. The van der Waals surface area contributed by atoms with Gasteiger partial charge >= 0.3 is 0 Å². The van der Waals surface area contributed by atoms with Crippen molar-refractivity contribution in [2.24, 2.45) is 0 Å². The predicted octanol–water partition coefficient (Wildman–Crippen LogP) is 3.51. The van der Waals surface area contributed by atoms with E-state index in [-0.39, 0.29) is 11.9 Å². The zero-order valence-corrected chi connectivity index (χ0v) is 12.9. The van der Waals surface area contributed by atoms with Gasteiger partial charge in [-0.15, -0.1) is 0 Å². The van der Waals surface area contributed by atoms with Crippen molar-refractivity contribution >= 4 is 11.6 Å². The average molecular weight is 274 g/mol. The number of hydrogen-bond acceptors (Lipinski definition) is 2. The van der Waals surface area contributed by atoms with Crippen molar-refractivity contribution in [2.75, 3.05) is 18.4 Å². The van der Waals surface area contributed by atoms with Crippen molar-refractivity contribution in [1.29, 1.82) is 0 Å². The molecule has 1 aliphatic heterocycles. The maximum absolute atomic E-state index is 12.5. The SMILES string of the molecule is Cc1cc(C)cc(NC(C)C(=O)N2CCCCCC2)c1. The molecule has 3 nitrogen and oxygen atoms in total. The monoisotopic (exact) mass is 274 g/mol. The van der Waals surface area contributed by atoms with E-state index in [4.69, 9.17) is 0 Å². The van der Waals surface area contributed by atoms with E-state index in [1.54, 1.807) is 0 Å². The van der Waals surface area contributed by atoms with Gasteiger partial charge < -0.3 is 10.2 Å². The van der Waals surface area contributed by atoms with Crippen LogP contribution in [0.2, 0.25) is 0 Å². The van der Waals surface area contributed by atoms with Gasteiger partial charge in [-0.1, -0.05) is 18.9 Å². The van der Waals surface area contributed by atoms with Crippen molar-refractivity contribution in [3.8, 4) is 0 Å². The Morgan fingerprint density at radius 3 is 2.15 bits per heavy atom. The molecule has 1 saturated heterocycles. The van der Waals surface area contributed by atoms with Gasteiger partial charge in [0.25, 0.3) is 0 Å². The van der Waals surface area contributed by atoms with Crippen LogP contribution >= 0.6 is 0 Å². The molecule has 20 heavy (non-hydrogen) atoms. The first-order valence-corrected chi connectivity index (χ1v) is 7.70. The lowest BCUT2D eigenvalue weighted by molar-refractivity contribution is -0.131. The summed E-state index contributed by atoms with van der Waals surface area (Å²) in [5.41, 5.74) is 3.49. The lowest BCUT2D eigenvalue weighted by atomic mass is 10.1. The minimum Gasteiger partial charge on any atom is -0.374 e. The second-order valence-electron chi connectivity index (χ2n) is 5.98. The molecule has 1 atom stereocenters. The lowest BCUT2D eigenvalue weighted by Gasteiger charge is -2.25. The number of nitrogens with zero attached hydrogens (tertiary/aromatic N) is 1. The Balaban J connectivity index is 1.99. The minimum absolute atomic E-state index is 0.158. The van der Waals surface area contributed by atoms with Gasteiger partial charge in [-0.3, -0.25) is 4.79 Å². The van der Waals surface area contributed by atoms with Crippen LogP contribution in [0, 0.1) is 13.8 Å². The number of likely N-dealkylation sites (tertiary alicyclic amines) is 1. The van der Waals surface area contributed by atoms with Crippen LogP contribution < -0.4 is 5.32 Å². The molecule has 1 aromatic carbocycles. The number of hydrogen-bond donors (Lipinski definition) is 1. The van der Waals surface area contributed by atoms with Gasteiger partial charge in [0.1, 0.15) is 6.04 Å². The van der Waals surface area contributed by atoms with Gasteiger partial charge in [0.2, 0.25) is 5.91 Å². The summed E-state index contributed by atoms with van der Waals surface area (Å²) in [5.74, 6) is 0.228. The molecule has 1 heterocycles. The zero-order chi connectivity index (χ0) is 14.5. The zero-order valence-electron chi connectivity index (χ0n) is 12.9. The summed E-state index contributed by atoms with van der Waals surface area (Å²) in [5, 5.41) is 3.35. The fourth-order valence-electron chi connectivity index (χ4n) is 2.93. The first-order chi connectivity index (χ1) is 9.56. The van der Waals surface area contributed by atoms with Gasteiger partial charge in [0.15, 0.2) is 0 Å². The lowest BCUT2D eigenvalue weighted by Crippen LogP contribution is -2.41. The Kier molecular flexibility index (Phi) is 5.05. The highest BCUT2D eigenvalue weighted by molar-refractivity contribution is 5.84. The van der Waals surface area contributed by atoms with Crippen molar-refractivity contribution in [1.82, 2.24) is 4.90 Å². The highest BCUT2D eigenvalue weighted by atomic mass is 16.2. The fraction of sp³-hybridized carbons (Fsp3) is 0.588. The molecular formula is C17H26N2O. The van der Waals surface area contributed by atoms with Gasteiger partial charge in [-0.2, -0.15) is 0 Å². The molecule has 0 bridgehead atoms. The summed E-state index contributed by atoms with van der Waals surface area (Å²) >= 11 is 0. The van der Waals surface area contributed by atoms with Crippen LogP contribution in [0.5, 0.6) is 0 Å². The van der Waals surface area contributed by atoms with Crippen molar-refractivity contribution in [3.63, 3.8) is 0 Å². The van der Waals surface area contributed by atoms with Crippen LogP contribution in [0.15, 0.2) is 18.2 Å². The molecule has 1 N–H and O–H groups in total. The summed E-state index contributed by atoms with van der Waals surface area (Å²) < 4.78 is 0. The van der Waals surface area contributed by atoms with E-state index in [0.717, 1.165) is 31.6 Å². The highest BCUT2D eigenvalue weighted by Crippen LogP contribution is 2.16. The number of aryl methyl sites for hydroxylation is 2. The van der Waals surface area contributed by atoms with Crippen LogP contribution in [0.25, 0.3) is 0 Å². The van der Waals surface area contributed by atoms with Gasteiger partial charge in [0.05, 0.1) is 0 Å². The van der Waals surface area contributed by atoms with Crippen molar-refractivity contribution in [2.45, 2.75) is 52.5 Å². The van der Waals surface area contributed by atoms with E-state index in [2.05, 4.69) is 37.4 Å². The van der Waals surface area contributed by atoms with E-state index in [1.807, 2.05) is 11.8 Å². The molecule has 1 aliphatic rings. The summed E-state index contributed by atoms with van der Waals surface area (Å²) in [7, 11) is 0. The van der Waals surface area contributed by atoms with Crippen LogP contribution in [0.4, 0.5) is 5.69 Å². The summed E-state index contributed by atoms with van der Waals surface area (Å²) in [6, 6.07) is 6.18. The number of carbonyl (C=O) groups excluding carboxylic acids is 1. The fourth-order valence-corrected chi connectivity index (χ4v) is 2.93. The molecule has 1 unspecified atom stereocenters. The summed E-state index contributed by atoms with van der Waals surface area (Å²) in [6.07, 6.45) is 4.79. The second kappa shape index (κ2) is 6.78. The van der Waals surface area contributed by atoms with Gasteiger partial charge in [-0.25, -0.2) is 0 Å². The molecule has 2 rings (SSSR count). The molecule has 0 radical (unpaired) electrons. The normalized spacial score (nSPS) is 17.4. The van der Waals surface area contributed by atoms with E-state index >= 15 is 0 Å². The van der Waals surface area contributed by atoms with Gasteiger partial charge in [-0.05, 0) is 56.9 Å². The molecule has 0 aliphatic carbocycles. The third-order valence-electron chi connectivity index (χ3n) is 3.89. The Morgan fingerprint density at radius 2 is 1.60 bits per heavy atom. The molecule has 3 heteroatoms. The summed E-state index contributed by atoms with van der Waals surface area (Å²) in [4.78, 5) is 14.5. The van der Waals surface area contributed by atoms with Crippen LogP contribution in [-0.2, 0) is 4.79 Å². The molecule has 110 valence electrons. The molecule has 0 spiro atoms. The Bertz CT molecular complexity index is 442. The Labute approximate surface area is 122 Å². The maximum atomic E-state index is 12.5. The first-order valence-electron chi connectivity index (χ1n) is 7.70. The van der Waals surface area contributed by atoms with E-state index in [0.29, 0.717) is 0 Å². The highest BCUT2D eigenvalue weighted by Gasteiger charge is 2.21. The smallest absolute Gasteiger partial charge is 0.244 e. The maximum Gasteiger partial charge on any atom is 0.244 e. The number of rotatable bonds is 3.